The maximum atomic E-state index is 13.4. The molecule has 0 amide bonds. The summed E-state index contributed by atoms with van der Waals surface area (Å²) in [6.07, 6.45) is -0.963. The van der Waals surface area contributed by atoms with Gasteiger partial charge in [-0.2, -0.15) is 0 Å². The van der Waals surface area contributed by atoms with Crippen molar-refractivity contribution in [1.29, 1.82) is 0 Å². The molecule has 5 heteroatoms. The Morgan fingerprint density at radius 3 is 2.34 bits per heavy atom. The second-order valence-corrected chi connectivity index (χ2v) is 7.93. The summed E-state index contributed by atoms with van der Waals surface area (Å²) in [5.41, 5.74) is 2.83. The Bertz CT molecular complexity index is 1280. The first-order valence-corrected chi connectivity index (χ1v) is 10.1. The van der Waals surface area contributed by atoms with Crippen molar-refractivity contribution in [2.75, 3.05) is 0 Å². The number of aromatic amines is 1. The summed E-state index contributed by atoms with van der Waals surface area (Å²) in [5.74, 6) is -0.291. The van der Waals surface area contributed by atoms with Crippen molar-refractivity contribution in [3.05, 3.63) is 105 Å². The molecule has 29 heavy (non-hydrogen) atoms. The quantitative estimate of drug-likeness (QED) is 0.343. The number of halogens is 1. The van der Waals surface area contributed by atoms with Crippen LogP contribution in [0.1, 0.15) is 22.0 Å². The maximum Gasteiger partial charge on any atom is 0.260 e. The number of hydrogen-bond acceptors (Lipinski definition) is 3. The summed E-state index contributed by atoms with van der Waals surface area (Å²) in [5, 5.41) is 0.811. The van der Waals surface area contributed by atoms with Crippen LogP contribution in [0.15, 0.2) is 88.1 Å². The van der Waals surface area contributed by atoms with Crippen LogP contribution in [0.5, 0.6) is 0 Å². The van der Waals surface area contributed by atoms with E-state index in [1.807, 2.05) is 78.9 Å². The Balaban J connectivity index is 1.69. The molecule has 1 saturated heterocycles. The molecule has 1 aliphatic heterocycles. The molecule has 2 atom stereocenters. The Hall–Kier alpha value is -3.02. The van der Waals surface area contributed by atoms with E-state index in [9.17, 15) is 9.59 Å². The number of fused-ring (bicyclic) bond motifs is 1. The number of Topliss-reactive ketones (excluding diaryl/α,β-unsaturated/α-hetero) is 1. The van der Waals surface area contributed by atoms with Crippen molar-refractivity contribution in [1.82, 2.24) is 4.98 Å². The van der Waals surface area contributed by atoms with Crippen molar-refractivity contribution < 1.29 is 9.53 Å². The van der Waals surface area contributed by atoms with E-state index in [2.05, 4.69) is 20.9 Å². The van der Waals surface area contributed by atoms with Gasteiger partial charge in [0.05, 0.1) is 5.56 Å². The minimum absolute atomic E-state index is 0.144. The van der Waals surface area contributed by atoms with E-state index in [1.165, 1.54) is 0 Å². The van der Waals surface area contributed by atoms with Gasteiger partial charge < -0.3 is 9.72 Å². The Kier molecular flexibility index (Phi) is 4.42. The van der Waals surface area contributed by atoms with E-state index in [-0.39, 0.29) is 17.5 Å². The lowest BCUT2D eigenvalue weighted by Crippen LogP contribution is -2.23. The van der Waals surface area contributed by atoms with Crippen LogP contribution in [-0.4, -0.2) is 16.9 Å². The van der Waals surface area contributed by atoms with Crippen LogP contribution in [0.3, 0.4) is 0 Å². The number of ether oxygens (including phenoxy) is 1. The van der Waals surface area contributed by atoms with E-state index >= 15 is 0 Å². The van der Waals surface area contributed by atoms with Crippen molar-refractivity contribution >= 4 is 32.6 Å². The molecule has 4 aromatic rings. The lowest BCUT2D eigenvalue weighted by molar-refractivity contribution is 0.0953. The number of carbonyl (C=O) groups is 1. The number of aromatic nitrogens is 1. The van der Waals surface area contributed by atoms with Crippen molar-refractivity contribution in [3.8, 4) is 11.1 Å². The van der Waals surface area contributed by atoms with Crippen LogP contribution >= 0.6 is 15.9 Å². The fourth-order valence-corrected chi connectivity index (χ4v) is 4.12. The van der Waals surface area contributed by atoms with Crippen LogP contribution in [0.4, 0.5) is 0 Å². The summed E-state index contributed by atoms with van der Waals surface area (Å²) < 4.78 is 6.56. The van der Waals surface area contributed by atoms with E-state index in [0.717, 1.165) is 21.0 Å². The Morgan fingerprint density at radius 1 is 0.931 bits per heavy atom. The zero-order chi connectivity index (χ0) is 20.0. The first kappa shape index (κ1) is 18.0. The molecule has 0 bridgehead atoms. The standard InChI is InChI=1S/C24H16BrNO3/c25-16-11-12-18-17(13-16)19(14-7-3-1-4-8-14)20(24(28)26-18)21(27)23-22(29-23)15-9-5-2-6-10-15/h1-13,22-23H,(H,26,28)/t22-,23-/m1/s1. The van der Waals surface area contributed by atoms with Gasteiger partial charge in [0.15, 0.2) is 6.10 Å². The van der Waals surface area contributed by atoms with E-state index in [4.69, 9.17) is 4.74 Å². The molecular weight excluding hydrogens is 430 g/mol. The van der Waals surface area contributed by atoms with Crippen molar-refractivity contribution in [3.63, 3.8) is 0 Å². The van der Waals surface area contributed by atoms with Gasteiger partial charge in [0, 0.05) is 20.9 Å². The first-order valence-electron chi connectivity index (χ1n) is 9.29. The first-order chi connectivity index (χ1) is 14.1. The lowest BCUT2D eigenvalue weighted by atomic mass is 9.92. The molecule has 5 rings (SSSR count). The van der Waals surface area contributed by atoms with Crippen LogP contribution < -0.4 is 5.56 Å². The zero-order valence-electron chi connectivity index (χ0n) is 15.3. The van der Waals surface area contributed by atoms with E-state index in [1.54, 1.807) is 0 Å². The fraction of sp³-hybridized carbons (Fsp3) is 0.0833. The smallest absolute Gasteiger partial charge is 0.260 e. The highest BCUT2D eigenvalue weighted by molar-refractivity contribution is 9.10. The highest BCUT2D eigenvalue weighted by Gasteiger charge is 2.47. The highest BCUT2D eigenvalue weighted by atomic mass is 79.9. The normalized spacial score (nSPS) is 18.0. The minimum Gasteiger partial charge on any atom is -0.356 e. The Morgan fingerprint density at radius 2 is 1.62 bits per heavy atom. The fourth-order valence-electron chi connectivity index (χ4n) is 3.76. The average molecular weight is 446 g/mol. The van der Waals surface area contributed by atoms with Gasteiger partial charge in [-0.05, 0) is 29.3 Å². The zero-order valence-corrected chi connectivity index (χ0v) is 16.8. The molecule has 142 valence electrons. The number of H-pyrrole nitrogens is 1. The van der Waals surface area contributed by atoms with Crippen LogP contribution in [0.25, 0.3) is 22.0 Å². The molecule has 0 saturated carbocycles. The number of epoxide rings is 1. The number of nitrogens with one attached hydrogen (secondary N) is 1. The van der Waals surface area contributed by atoms with Crippen LogP contribution in [-0.2, 0) is 4.74 Å². The molecule has 0 spiro atoms. The number of benzene rings is 3. The monoisotopic (exact) mass is 445 g/mol. The third-order valence-corrected chi connectivity index (χ3v) is 5.66. The van der Waals surface area contributed by atoms with Gasteiger partial charge >= 0.3 is 0 Å². The van der Waals surface area contributed by atoms with Gasteiger partial charge in [-0.25, -0.2) is 0 Å². The number of rotatable bonds is 4. The van der Waals surface area contributed by atoms with Gasteiger partial charge in [0.25, 0.3) is 5.56 Å². The number of hydrogen-bond donors (Lipinski definition) is 1. The molecule has 3 aromatic carbocycles. The van der Waals surface area contributed by atoms with Gasteiger partial charge in [0.2, 0.25) is 5.78 Å². The van der Waals surface area contributed by atoms with Gasteiger partial charge in [-0.1, -0.05) is 76.6 Å². The summed E-state index contributed by atoms with van der Waals surface area (Å²) in [4.78, 5) is 29.2. The largest absolute Gasteiger partial charge is 0.356 e. The predicted octanol–water partition coefficient (Wildman–Crippen LogP) is 5.28. The number of ketones is 1. The molecule has 4 nitrogen and oxygen atoms in total. The lowest BCUT2D eigenvalue weighted by Gasteiger charge is -2.12. The van der Waals surface area contributed by atoms with Gasteiger partial charge in [-0.3, -0.25) is 9.59 Å². The number of carbonyl (C=O) groups excluding carboxylic acids is 1. The molecule has 1 aliphatic rings. The SMILES string of the molecule is O=C(c1c(-c2ccccc2)c2cc(Br)ccc2[nH]c1=O)[C@H]1O[C@@H]1c1ccccc1. The molecule has 1 aromatic heterocycles. The number of pyridine rings is 1. The van der Waals surface area contributed by atoms with Crippen molar-refractivity contribution in [2.45, 2.75) is 12.2 Å². The summed E-state index contributed by atoms with van der Waals surface area (Å²) >= 11 is 3.50. The van der Waals surface area contributed by atoms with E-state index in [0.29, 0.717) is 11.1 Å². The molecule has 0 unspecified atom stereocenters. The Labute approximate surface area is 175 Å². The molecule has 2 heterocycles. The molecule has 1 N–H and O–H groups in total. The summed E-state index contributed by atoms with van der Waals surface area (Å²) in [6, 6.07) is 24.7. The molecular formula is C24H16BrNO3. The van der Waals surface area contributed by atoms with Crippen LogP contribution in [0.2, 0.25) is 0 Å². The molecule has 1 fully saturated rings. The third-order valence-electron chi connectivity index (χ3n) is 5.16. The third kappa shape index (κ3) is 3.22. The second kappa shape index (κ2) is 7.10. The predicted molar refractivity (Wildman–Crippen MR) is 116 cm³/mol. The van der Waals surface area contributed by atoms with E-state index < -0.39 is 11.7 Å². The summed E-state index contributed by atoms with van der Waals surface area (Å²) in [7, 11) is 0. The van der Waals surface area contributed by atoms with Gasteiger partial charge in [0.1, 0.15) is 6.10 Å². The average Bonchev–Trinajstić information content (AvgIpc) is 3.55. The molecule has 0 radical (unpaired) electrons. The maximum absolute atomic E-state index is 13.4. The topological polar surface area (TPSA) is 62.5 Å². The van der Waals surface area contributed by atoms with Gasteiger partial charge in [-0.15, -0.1) is 0 Å². The second-order valence-electron chi connectivity index (χ2n) is 7.01. The summed E-state index contributed by atoms with van der Waals surface area (Å²) in [6.45, 7) is 0. The van der Waals surface area contributed by atoms with Crippen molar-refractivity contribution in [2.24, 2.45) is 0 Å². The molecule has 0 aliphatic carbocycles. The van der Waals surface area contributed by atoms with Crippen LogP contribution in [0, 0.1) is 0 Å². The minimum atomic E-state index is -0.648. The highest BCUT2D eigenvalue weighted by Crippen LogP contribution is 2.42.